The molecule has 0 amide bonds. The van der Waals surface area contributed by atoms with Crippen LogP contribution in [0.4, 0.5) is 0 Å². The molecule has 0 N–H and O–H groups in total. The number of benzene rings is 2. The van der Waals surface area contributed by atoms with Gasteiger partial charge in [-0.3, -0.25) is 9.20 Å². The molecule has 0 radical (unpaired) electrons. The van der Waals surface area contributed by atoms with Crippen molar-refractivity contribution in [3.8, 4) is 5.69 Å². The highest BCUT2D eigenvalue weighted by molar-refractivity contribution is 6.16. The number of aryl methyl sites for hydroxylation is 1. The summed E-state index contributed by atoms with van der Waals surface area (Å²) in [6.07, 6.45) is 0.818. The Kier molecular flexibility index (Phi) is 3.58. The molecule has 0 aliphatic rings. The fourth-order valence-electron chi connectivity index (χ4n) is 3.09. The molecule has 2 aromatic carbocycles. The highest BCUT2D eigenvalue weighted by atomic mass is 35.5. The quantitative estimate of drug-likeness (QED) is 0.538. The molecule has 5 nitrogen and oxygen atoms in total. The molecule has 0 saturated carbocycles. The monoisotopic (exact) mass is 338 g/mol. The van der Waals surface area contributed by atoms with Crippen LogP contribution in [0.3, 0.4) is 0 Å². The van der Waals surface area contributed by atoms with Crippen LogP contribution in [0.25, 0.3) is 22.4 Å². The van der Waals surface area contributed by atoms with Crippen molar-refractivity contribution in [3.05, 3.63) is 70.3 Å². The van der Waals surface area contributed by atoms with E-state index >= 15 is 0 Å². The van der Waals surface area contributed by atoms with Crippen molar-refractivity contribution in [3.63, 3.8) is 0 Å². The summed E-state index contributed by atoms with van der Waals surface area (Å²) in [6.45, 7) is 2.07. The van der Waals surface area contributed by atoms with Gasteiger partial charge in [0.25, 0.3) is 5.56 Å². The van der Waals surface area contributed by atoms with Crippen LogP contribution in [0.5, 0.6) is 0 Å². The van der Waals surface area contributed by atoms with Gasteiger partial charge >= 0.3 is 0 Å². The van der Waals surface area contributed by atoms with Crippen LogP contribution in [0, 0.1) is 0 Å². The number of aromatic nitrogens is 4. The third kappa shape index (κ3) is 2.05. The molecule has 2 aromatic heterocycles. The average molecular weight is 339 g/mol. The Labute approximate surface area is 143 Å². The summed E-state index contributed by atoms with van der Waals surface area (Å²) in [6, 6.07) is 15.3. The van der Waals surface area contributed by atoms with Crippen LogP contribution in [-0.4, -0.2) is 19.2 Å². The largest absolute Gasteiger partial charge is 0.268 e. The number of nitrogens with zero attached hydrogens (tertiary/aromatic N) is 4. The molecule has 0 spiro atoms. The molecule has 0 saturated heterocycles. The molecule has 0 atom stereocenters. The van der Waals surface area contributed by atoms with E-state index in [0.29, 0.717) is 17.0 Å². The summed E-state index contributed by atoms with van der Waals surface area (Å²) < 4.78 is 3.49. The molecule has 0 bridgehead atoms. The van der Waals surface area contributed by atoms with Gasteiger partial charge in [0.1, 0.15) is 0 Å². The number of rotatable bonds is 3. The van der Waals surface area contributed by atoms with E-state index in [9.17, 15) is 4.79 Å². The summed E-state index contributed by atoms with van der Waals surface area (Å²) in [4.78, 5) is 13.2. The summed E-state index contributed by atoms with van der Waals surface area (Å²) in [7, 11) is 0. The van der Waals surface area contributed by atoms with Crippen molar-refractivity contribution in [2.45, 2.75) is 19.2 Å². The molecular formula is C18H15ClN4O. The molecule has 0 unspecified atom stereocenters. The smallest absolute Gasteiger partial charge is 0.267 e. The molecule has 4 rings (SSSR count). The second-order valence-corrected chi connectivity index (χ2v) is 5.79. The number of alkyl halides is 1. The lowest BCUT2D eigenvalue weighted by Crippen LogP contribution is -2.23. The van der Waals surface area contributed by atoms with Gasteiger partial charge in [0, 0.05) is 0 Å². The van der Waals surface area contributed by atoms with Crippen molar-refractivity contribution in [2.75, 3.05) is 0 Å². The first-order valence-corrected chi connectivity index (χ1v) is 8.31. The van der Waals surface area contributed by atoms with Gasteiger partial charge in [-0.15, -0.1) is 21.8 Å². The maximum absolute atomic E-state index is 13.2. The van der Waals surface area contributed by atoms with E-state index in [-0.39, 0.29) is 11.4 Å². The van der Waals surface area contributed by atoms with Crippen molar-refractivity contribution < 1.29 is 0 Å². The van der Waals surface area contributed by atoms with Crippen LogP contribution < -0.4 is 5.56 Å². The van der Waals surface area contributed by atoms with Crippen LogP contribution in [0.2, 0.25) is 0 Å². The summed E-state index contributed by atoms with van der Waals surface area (Å²) >= 11 is 6.03. The van der Waals surface area contributed by atoms with Gasteiger partial charge in [0.15, 0.2) is 5.82 Å². The van der Waals surface area contributed by atoms with Gasteiger partial charge < -0.3 is 0 Å². The zero-order chi connectivity index (χ0) is 16.7. The van der Waals surface area contributed by atoms with Crippen LogP contribution in [-0.2, 0) is 12.3 Å². The van der Waals surface area contributed by atoms with Gasteiger partial charge in [-0.05, 0) is 30.2 Å². The third-order valence-corrected chi connectivity index (χ3v) is 4.46. The standard InChI is InChI=1S/C18H15ClN4O/c1-2-12-7-3-5-9-14(12)23-17(24)13-8-4-6-10-15(13)22-16(11-19)20-21-18(22)23/h3-10H,2,11H2,1H3. The van der Waals surface area contributed by atoms with E-state index in [4.69, 9.17) is 11.6 Å². The first kappa shape index (κ1) is 14.9. The van der Waals surface area contributed by atoms with Gasteiger partial charge in [-0.1, -0.05) is 37.3 Å². The maximum Gasteiger partial charge on any atom is 0.267 e. The average Bonchev–Trinajstić information content (AvgIpc) is 3.06. The molecule has 24 heavy (non-hydrogen) atoms. The highest BCUT2D eigenvalue weighted by Crippen LogP contribution is 2.20. The van der Waals surface area contributed by atoms with E-state index in [1.807, 2.05) is 52.9 Å². The normalized spacial score (nSPS) is 11.4. The van der Waals surface area contributed by atoms with Crippen molar-refractivity contribution in [1.82, 2.24) is 19.2 Å². The van der Waals surface area contributed by atoms with Crippen molar-refractivity contribution >= 4 is 28.3 Å². The summed E-state index contributed by atoms with van der Waals surface area (Å²) in [5.74, 6) is 1.32. The Morgan fingerprint density at radius 2 is 1.79 bits per heavy atom. The zero-order valence-corrected chi connectivity index (χ0v) is 13.9. The number of hydrogen-bond donors (Lipinski definition) is 0. The lowest BCUT2D eigenvalue weighted by atomic mass is 10.1. The lowest BCUT2D eigenvalue weighted by Gasteiger charge is -2.13. The molecule has 2 heterocycles. The first-order chi connectivity index (χ1) is 11.8. The summed E-state index contributed by atoms with van der Waals surface area (Å²) in [5.41, 5.74) is 2.57. The predicted molar refractivity (Wildman–Crippen MR) is 95.0 cm³/mol. The van der Waals surface area contributed by atoms with E-state index in [2.05, 4.69) is 17.1 Å². The minimum atomic E-state index is -0.104. The molecule has 6 heteroatoms. The minimum Gasteiger partial charge on any atom is -0.268 e. The fraction of sp³-hybridized carbons (Fsp3) is 0.167. The fourth-order valence-corrected chi connectivity index (χ4v) is 3.26. The van der Waals surface area contributed by atoms with Gasteiger partial charge in [-0.25, -0.2) is 4.57 Å². The molecule has 0 aliphatic carbocycles. The SMILES string of the molecule is CCc1ccccc1-n1c(=O)c2ccccc2n2c(CCl)nnc12. The molecule has 0 fully saturated rings. The molecule has 4 aromatic rings. The van der Waals surface area contributed by atoms with Crippen LogP contribution in [0.15, 0.2) is 53.3 Å². The van der Waals surface area contributed by atoms with E-state index in [0.717, 1.165) is 23.2 Å². The molecular weight excluding hydrogens is 324 g/mol. The van der Waals surface area contributed by atoms with E-state index < -0.39 is 0 Å². The Balaban J connectivity index is 2.25. The van der Waals surface area contributed by atoms with Gasteiger partial charge in [-0.2, -0.15) is 0 Å². The topological polar surface area (TPSA) is 52.2 Å². The lowest BCUT2D eigenvalue weighted by molar-refractivity contribution is 0.940. The third-order valence-electron chi connectivity index (χ3n) is 4.22. The van der Waals surface area contributed by atoms with E-state index in [1.165, 1.54) is 0 Å². The number of hydrogen-bond acceptors (Lipinski definition) is 3. The zero-order valence-electron chi connectivity index (χ0n) is 13.1. The van der Waals surface area contributed by atoms with Gasteiger partial charge in [0.2, 0.25) is 5.78 Å². The second kappa shape index (κ2) is 5.76. The minimum absolute atomic E-state index is 0.104. The Bertz CT molecular complexity index is 1110. The Morgan fingerprint density at radius 1 is 1.04 bits per heavy atom. The molecule has 120 valence electrons. The second-order valence-electron chi connectivity index (χ2n) is 5.53. The number of para-hydroxylation sites is 2. The van der Waals surface area contributed by atoms with E-state index in [1.54, 1.807) is 4.57 Å². The van der Waals surface area contributed by atoms with Crippen molar-refractivity contribution in [1.29, 1.82) is 0 Å². The molecule has 0 aliphatic heterocycles. The highest BCUT2D eigenvalue weighted by Gasteiger charge is 2.18. The Hall–Kier alpha value is -2.66. The number of halogens is 1. The maximum atomic E-state index is 13.2. The van der Waals surface area contributed by atoms with Gasteiger partial charge in [0.05, 0.1) is 22.5 Å². The van der Waals surface area contributed by atoms with Crippen LogP contribution in [0.1, 0.15) is 18.3 Å². The van der Waals surface area contributed by atoms with Crippen molar-refractivity contribution in [2.24, 2.45) is 0 Å². The number of fused-ring (bicyclic) bond motifs is 3. The first-order valence-electron chi connectivity index (χ1n) is 7.78. The predicted octanol–water partition coefficient (Wildman–Crippen LogP) is 3.33. The summed E-state index contributed by atoms with van der Waals surface area (Å²) in [5, 5.41) is 9.02. The van der Waals surface area contributed by atoms with Crippen LogP contribution >= 0.6 is 11.6 Å². The Morgan fingerprint density at radius 3 is 2.58 bits per heavy atom.